The van der Waals surface area contributed by atoms with Gasteiger partial charge in [0, 0.05) is 19.1 Å². The zero-order valence-corrected chi connectivity index (χ0v) is 23.7. The zero-order valence-electron chi connectivity index (χ0n) is 22.8. The fourth-order valence-electron chi connectivity index (χ4n) is 3.89. The highest BCUT2D eigenvalue weighted by Gasteiger charge is 2.35. The van der Waals surface area contributed by atoms with E-state index in [1.807, 2.05) is 44.9 Å². The first-order valence-electron chi connectivity index (χ1n) is 12.1. The number of aryl methyl sites for hydroxylation is 1. The van der Waals surface area contributed by atoms with Gasteiger partial charge in [-0.3, -0.25) is 0 Å². The summed E-state index contributed by atoms with van der Waals surface area (Å²) < 4.78 is 5.48. The SMILES string of the molecule is C=C/C=C(\C=C)C(C)NC.CCc1ccccc1C1(C)CCN(C(=O)OC(C)(C)C)CC1.CS. The van der Waals surface area contributed by atoms with Gasteiger partial charge < -0.3 is 15.0 Å². The molecule has 0 aromatic heterocycles. The summed E-state index contributed by atoms with van der Waals surface area (Å²) in [4.78, 5) is 14.0. The third-order valence-corrected chi connectivity index (χ3v) is 6.05. The van der Waals surface area contributed by atoms with Gasteiger partial charge >= 0.3 is 6.09 Å². The maximum atomic E-state index is 12.2. The van der Waals surface area contributed by atoms with Crippen LogP contribution in [0.3, 0.4) is 0 Å². The van der Waals surface area contributed by atoms with E-state index >= 15 is 0 Å². The number of carbonyl (C=O) groups excluding carboxylic acids is 1. The van der Waals surface area contributed by atoms with Crippen molar-refractivity contribution in [2.24, 2.45) is 0 Å². The van der Waals surface area contributed by atoms with Crippen molar-refractivity contribution in [3.63, 3.8) is 0 Å². The Balaban J connectivity index is 0.000000767. The zero-order chi connectivity index (χ0) is 26.4. The molecule has 1 atom stereocenters. The average Bonchev–Trinajstić information content (AvgIpc) is 2.83. The number of thiol groups is 1. The van der Waals surface area contributed by atoms with Gasteiger partial charge in [0.2, 0.25) is 0 Å². The molecule has 1 fully saturated rings. The number of hydrogen-bond acceptors (Lipinski definition) is 4. The molecule has 1 aliphatic rings. The minimum absolute atomic E-state index is 0.158. The minimum atomic E-state index is -0.424. The van der Waals surface area contributed by atoms with Crippen molar-refractivity contribution in [3.8, 4) is 0 Å². The van der Waals surface area contributed by atoms with Crippen LogP contribution in [0.4, 0.5) is 4.79 Å². The van der Waals surface area contributed by atoms with Gasteiger partial charge in [0.15, 0.2) is 0 Å². The number of hydrogen-bond donors (Lipinski definition) is 2. The van der Waals surface area contributed by atoms with Crippen LogP contribution < -0.4 is 5.32 Å². The molecule has 1 saturated heterocycles. The molecule has 1 N–H and O–H groups in total. The smallest absolute Gasteiger partial charge is 0.410 e. The summed E-state index contributed by atoms with van der Waals surface area (Å²) in [5.41, 5.74) is 3.77. The van der Waals surface area contributed by atoms with Gasteiger partial charge in [-0.05, 0) is 82.4 Å². The van der Waals surface area contributed by atoms with E-state index in [9.17, 15) is 4.79 Å². The molecule has 0 aliphatic carbocycles. The van der Waals surface area contributed by atoms with Crippen LogP contribution in [0.15, 0.2) is 61.2 Å². The first kappa shape index (κ1) is 32.0. The first-order chi connectivity index (χ1) is 16.0. The van der Waals surface area contributed by atoms with Crippen LogP contribution in [-0.2, 0) is 16.6 Å². The van der Waals surface area contributed by atoms with E-state index < -0.39 is 5.60 Å². The number of nitrogens with one attached hydrogen (secondary N) is 1. The van der Waals surface area contributed by atoms with Gasteiger partial charge in [0.1, 0.15) is 5.60 Å². The van der Waals surface area contributed by atoms with Gasteiger partial charge in [0.05, 0.1) is 0 Å². The summed E-state index contributed by atoms with van der Waals surface area (Å²) in [5.74, 6) is 0. The summed E-state index contributed by atoms with van der Waals surface area (Å²) in [7, 11) is 1.92. The first-order valence-corrected chi connectivity index (χ1v) is 13.0. The summed E-state index contributed by atoms with van der Waals surface area (Å²) in [5, 5.41) is 3.11. The Morgan fingerprint density at radius 3 is 2.24 bits per heavy atom. The van der Waals surface area contributed by atoms with Gasteiger partial charge in [-0.25, -0.2) is 4.79 Å². The lowest BCUT2D eigenvalue weighted by Gasteiger charge is -2.41. The van der Waals surface area contributed by atoms with Crippen LogP contribution in [-0.4, -0.2) is 49.0 Å². The fraction of sp³-hybridized carbons (Fsp3) is 0.552. The highest BCUT2D eigenvalue weighted by atomic mass is 32.1. The largest absolute Gasteiger partial charge is 0.444 e. The second-order valence-corrected chi connectivity index (χ2v) is 9.66. The van der Waals surface area contributed by atoms with Crippen LogP contribution >= 0.6 is 12.6 Å². The number of ether oxygens (including phenoxy) is 1. The fourth-order valence-corrected chi connectivity index (χ4v) is 3.89. The molecule has 0 spiro atoms. The number of benzene rings is 1. The second-order valence-electron chi connectivity index (χ2n) is 9.66. The van der Waals surface area contributed by atoms with E-state index in [-0.39, 0.29) is 11.5 Å². The summed E-state index contributed by atoms with van der Waals surface area (Å²) >= 11 is 3.53. The van der Waals surface area contributed by atoms with Crippen molar-refractivity contribution in [1.82, 2.24) is 10.2 Å². The van der Waals surface area contributed by atoms with Crippen LogP contribution in [0.5, 0.6) is 0 Å². The third-order valence-electron chi connectivity index (χ3n) is 6.05. The molecule has 1 unspecified atom stereocenters. The Hall–Kier alpha value is -1.98. The molecule has 34 heavy (non-hydrogen) atoms. The van der Waals surface area contributed by atoms with Crippen LogP contribution in [0.1, 0.15) is 65.5 Å². The molecule has 1 aromatic carbocycles. The van der Waals surface area contributed by atoms with E-state index in [1.165, 1.54) is 11.1 Å². The van der Waals surface area contributed by atoms with Crippen LogP contribution in [0.2, 0.25) is 0 Å². The third kappa shape index (κ3) is 10.5. The molecule has 5 heteroatoms. The van der Waals surface area contributed by atoms with Crippen LogP contribution in [0.25, 0.3) is 0 Å². The number of amides is 1. The molecular formula is C29H48N2O2S. The highest BCUT2D eigenvalue weighted by molar-refractivity contribution is 7.79. The van der Waals surface area contributed by atoms with E-state index in [0.29, 0.717) is 6.04 Å². The number of nitrogens with zero attached hydrogens (tertiary/aromatic N) is 1. The predicted octanol–water partition coefficient (Wildman–Crippen LogP) is 6.98. The average molecular weight is 489 g/mol. The van der Waals surface area contributed by atoms with E-state index in [4.69, 9.17) is 4.74 Å². The van der Waals surface area contributed by atoms with Gasteiger partial charge in [-0.15, -0.1) is 0 Å². The van der Waals surface area contributed by atoms with Crippen molar-refractivity contribution in [2.75, 3.05) is 26.4 Å². The van der Waals surface area contributed by atoms with Crippen molar-refractivity contribution in [1.29, 1.82) is 0 Å². The molecule has 2 rings (SSSR count). The Bertz CT molecular complexity index is 788. The molecule has 1 aliphatic heterocycles. The molecule has 0 radical (unpaired) electrons. The number of piperidine rings is 1. The second kappa shape index (κ2) is 15.8. The standard InChI is InChI=1S/C19H29NO2.C9H15N.CH4S/c1-6-15-9-7-8-10-16(15)19(5)11-13-20(14-12-19)17(21)22-18(2,3)4;1-5-7-9(6-2)8(3)10-4;1-2/h7-10H,6,11-14H2,1-5H3;5-8,10H,1-2H2,3-4H3;2H,1H3/b;9-7+;. The monoisotopic (exact) mass is 488 g/mol. The maximum absolute atomic E-state index is 12.2. The quantitative estimate of drug-likeness (QED) is 0.335. The molecule has 0 saturated carbocycles. The van der Waals surface area contributed by atoms with Gasteiger partial charge in [0.25, 0.3) is 0 Å². The Morgan fingerprint density at radius 1 is 1.24 bits per heavy atom. The minimum Gasteiger partial charge on any atom is -0.444 e. The number of likely N-dealkylation sites (N-methyl/N-ethyl adjacent to an activating group) is 1. The lowest BCUT2D eigenvalue weighted by molar-refractivity contribution is 0.0171. The molecule has 1 amide bonds. The van der Waals surface area contributed by atoms with Crippen molar-refractivity contribution < 1.29 is 9.53 Å². The number of rotatable bonds is 6. The molecule has 0 bridgehead atoms. The Labute approximate surface area is 215 Å². The Kier molecular flexibility index (Phi) is 14.9. The number of likely N-dealkylation sites (tertiary alicyclic amines) is 1. The van der Waals surface area contributed by atoms with Crippen LogP contribution in [0, 0.1) is 0 Å². The Morgan fingerprint density at radius 2 is 1.79 bits per heavy atom. The summed E-state index contributed by atoms with van der Waals surface area (Å²) in [6.45, 7) is 21.2. The van der Waals surface area contributed by atoms with Crippen molar-refractivity contribution in [2.45, 2.75) is 77.9 Å². The molecule has 1 aromatic rings. The molecule has 192 valence electrons. The summed E-state index contributed by atoms with van der Waals surface area (Å²) in [6.07, 6.45) is 10.1. The highest BCUT2D eigenvalue weighted by Crippen LogP contribution is 2.37. The molecular weight excluding hydrogens is 440 g/mol. The van der Waals surface area contributed by atoms with Gasteiger partial charge in [-0.2, -0.15) is 12.6 Å². The van der Waals surface area contributed by atoms with E-state index in [2.05, 4.69) is 76.1 Å². The number of carbonyl (C=O) groups is 1. The lowest BCUT2D eigenvalue weighted by atomic mass is 9.72. The molecule has 4 nitrogen and oxygen atoms in total. The topological polar surface area (TPSA) is 41.6 Å². The number of allylic oxidation sites excluding steroid dienone is 2. The predicted molar refractivity (Wildman–Crippen MR) is 152 cm³/mol. The van der Waals surface area contributed by atoms with E-state index in [1.54, 1.807) is 12.3 Å². The lowest BCUT2D eigenvalue weighted by Crippen LogP contribution is -2.46. The van der Waals surface area contributed by atoms with Gasteiger partial charge in [-0.1, -0.05) is 69.5 Å². The summed E-state index contributed by atoms with van der Waals surface area (Å²) in [6, 6.07) is 9.07. The normalized spacial score (nSPS) is 16.1. The maximum Gasteiger partial charge on any atom is 0.410 e. The van der Waals surface area contributed by atoms with Crippen molar-refractivity contribution in [3.05, 3.63) is 72.4 Å². The molecule has 1 heterocycles. The van der Waals surface area contributed by atoms with E-state index in [0.717, 1.165) is 37.9 Å². The van der Waals surface area contributed by atoms with Crippen molar-refractivity contribution >= 4 is 18.7 Å².